The molecule has 3 rings (SSSR count). The fourth-order valence-corrected chi connectivity index (χ4v) is 4.16. The van der Waals surface area contributed by atoms with Crippen molar-refractivity contribution >= 4 is 43.4 Å². The molecular formula is C16H14BrFN2OS. The monoisotopic (exact) mass is 380 g/mol. The Bertz CT molecular complexity index is 840. The lowest BCUT2D eigenvalue weighted by atomic mass is 10.2. The average Bonchev–Trinajstić information content (AvgIpc) is 3.05. The Hall–Kier alpha value is -1.66. The fraction of sp³-hybridized carbons (Fsp3) is 0.188. The van der Waals surface area contributed by atoms with Gasteiger partial charge in [-0.15, -0.1) is 11.3 Å². The lowest BCUT2D eigenvalue weighted by Crippen LogP contribution is -2.25. The van der Waals surface area contributed by atoms with E-state index < -0.39 is 0 Å². The minimum Gasteiger partial charge on any atom is -0.347 e. The maximum atomic E-state index is 13.2. The van der Waals surface area contributed by atoms with E-state index in [1.807, 2.05) is 22.9 Å². The highest BCUT2D eigenvalue weighted by molar-refractivity contribution is 9.10. The van der Waals surface area contributed by atoms with Crippen molar-refractivity contribution in [2.45, 2.75) is 20.0 Å². The number of hydrogen-bond acceptors (Lipinski definition) is 2. The summed E-state index contributed by atoms with van der Waals surface area (Å²) < 4.78 is 17.2. The van der Waals surface area contributed by atoms with Crippen molar-refractivity contribution < 1.29 is 9.18 Å². The predicted molar refractivity (Wildman–Crippen MR) is 90.8 cm³/mol. The van der Waals surface area contributed by atoms with Gasteiger partial charge >= 0.3 is 0 Å². The lowest BCUT2D eigenvalue weighted by molar-refractivity contribution is 0.0942. The highest BCUT2D eigenvalue weighted by Gasteiger charge is 2.17. The van der Waals surface area contributed by atoms with E-state index in [2.05, 4.69) is 21.2 Å². The largest absolute Gasteiger partial charge is 0.347 e. The normalized spacial score (nSPS) is 11.0. The molecule has 1 N–H and O–H groups in total. The number of hydrogen-bond donors (Lipinski definition) is 1. The van der Waals surface area contributed by atoms with E-state index in [-0.39, 0.29) is 11.7 Å². The van der Waals surface area contributed by atoms with Gasteiger partial charge in [0.05, 0.1) is 14.7 Å². The molecule has 3 aromatic rings. The smallest absolute Gasteiger partial charge is 0.268 e. The number of rotatable bonds is 4. The molecule has 22 heavy (non-hydrogen) atoms. The van der Waals surface area contributed by atoms with Crippen LogP contribution in [0.15, 0.2) is 40.2 Å². The van der Waals surface area contributed by atoms with Crippen LogP contribution in [0.5, 0.6) is 0 Å². The van der Waals surface area contributed by atoms with Crippen molar-refractivity contribution in [2.75, 3.05) is 0 Å². The highest BCUT2D eigenvalue weighted by Crippen LogP contribution is 2.33. The second-order valence-electron chi connectivity index (χ2n) is 4.88. The molecule has 114 valence electrons. The molecule has 0 bridgehead atoms. The lowest BCUT2D eigenvalue weighted by Gasteiger charge is -2.09. The molecule has 2 heterocycles. The summed E-state index contributed by atoms with van der Waals surface area (Å²) in [6.07, 6.45) is 0. The number of halogens is 2. The Morgan fingerprint density at radius 3 is 2.95 bits per heavy atom. The summed E-state index contributed by atoms with van der Waals surface area (Å²) >= 11 is 5.12. The number of amides is 1. The van der Waals surface area contributed by atoms with Crippen molar-refractivity contribution in [2.24, 2.45) is 0 Å². The van der Waals surface area contributed by atoms with Crippen LogP contribution in [0.2, 0.25) is 0 Å². The van der Waals surface area contributed by atoms with Crippen molar-refractivity contribution in [3.8, 4) is 0 Å². The van der Waals surface area contributed by atoms with E-state index in [1.54, 1.807) is 23.5 Å². The van der Waals surface area contributed by atoms with Crippen molar-refractivity contribution in [3.05, 3.63) is 57.3 Å². The summed E-state index contributed by atoms with van der Waals surface area (Å²) in [4.78, 5) is 12.4. The van der Waals surface area contributed by atoms with Crippen LogP contribution < -0.4 is 5.32 Å². The molecule has 0 radical (unpaired) electrons. The van der Waals surface area contributed by atoms with Crippen molar-refractivity contribution in [1.82, 2.24) is 9.88 Å². The van der Waals surface area contributed by atoms with E-state index in [1.165, 1.54) is 12.1 Å². The van der Waals surface area contributed by atoms with Crippen LogP contribution in [0.3, 0.4) is 0 Å². The molecule has 1 amide bonds. The molecule has 0 fully saturated rings. The quantitative estimate of drug-likeness (QED) is 0.707. The number of thiophene rings is 1. The number of aryl methyl sites for hydroxylation is 1. The minimum absolute atomic E-state index is 0.151. The number of nitrogens with one attached hydrogen (secondary N) is 1. The summed E-state index contributed by atoms with van der Waals surface area (Å²) in [5, 5.41) is 4.87. The van der Waals surface area contributed by atoms with Crippen LogP contribution in [0.1, 0.15) is 23.0 Å². The topological polar surface area (TPSA) is 34.0 Å². The van der Waals surface area contributed by atoms with Crippen molar-refractivity contribution in [3.63, 3.8) is 0 Å². The number of nitrogens with zero attached hydrogens (tertiary/aromatic N) is 1. The van der Waals surface area contributed by atoms with E-state index in [0.717, 1.165) is 20.3 Å². The van der Waals surface area contributed by atoms with Crippen molar-refractivity contribution in [1.29, 1.82) is 0 Å². The number of aromatic nitrogens is 1. The van der Waals surface area contributed by atoms with E-state index in [0.29, 0.717) is 18.8 Å². The molecule has 0 atom stereocenters. The Morgan fingerprint density at radius 1 is 1.41 bits per heavy atom. The summed E-state index contributed by atoms with van der Waals surface area (Å²) in [6.45, 7) is 3.02. The van der Waals surface area contributed by atoms with E-state index >= 15 is 0 Å². The average molecular weight is 381 g/mol. The third kappa shape index (κ3) is 2.80. The van der Waals surface area contributed by atoms with Gasteiger partial charge in [0.1, 0.15) is 11.5 Å². The molecule has 6 heteroatoms. The van der Waals surface area contributed by atoms with Crippen LogP contribution in [0, 0.1) is 5.82 Å². The van der Waals surface area contributed by atoms with Gasteiger partial charge in [0.25, 0.3) is 5.91 Å². The van der Waals surface area contributed by atoms with Crippen LogP contribution >= 0.6 is 27.3 Å². The first-order valence-electron chi connectivity index (χ1n) is 6.89. The van der Waals surface area contributed by atoms with Gasteiger partial charge in [0, 0.05) is 18.5 Å². The first-order chi connectivity index (χ1) is 10.6. The zero-order valence-corrected chi connectivity index (χ0v) is 14.3. The summed E-state index contributed by atoms with van der Waals surface area (Å²) in [6, 6.07) is 8.14. The second-order valence-corrected chi connectivity index (χ2v) is 6.65. The maximum Gasteiger partial charge on any atom is 0.268 e. The molecule has 1 aromatic carbocycles. The first-order valence-corrected chi connectivity index (χ1v) is 8.56. The zero-order valence-electron chi connectivity index (χ0n) is 11.9. The van der Waals surface area contributed by atoms with Gasteiger partial charge in [-0.2, -0.15) is 0 Å². The van der Waals surface area contributed by atoms with Crippen LogP contribution in [-0.2, 0) is 13.1 Å². The van der Waals surface area contributed by atoms with Gasteiger partial charge in [-0.3, -0.25) is 4.79 Å². The Labute approximate surface area is 139 Å². The van der Waals surface area contributed by atoms with Crippen LogP contribution in [0.4, 0.5) is 4.39 Å². The van der Waals surface area contributed by atoms with Gasteiger partial charge in [-0.1, -0.05) is 12.1 Å². The molecule has 2 aromatic heterocycles. The SMILES string of the molecule is CCn1c(C(=O)NCc2cccc(F)c2)cc2scc(Br)c21. The molecule has 3 nitrogen and oxygen atoms in total. The number of fused-ring (bicyclic) bond motifs is 1. The Kier molecular flexibility index (Phi) is 4.31. The highest BCUT2D eigenvalue weighted by atomic mass is 79.9. The fourth-order valence-electron chi connectivity index (χ4n) is 2.47. The number of carbonyl (C=O) groups is 1. The zero-order chi connectivity index (χ0) is 15.7. The Morgan fingerprint density at radius 2 is 2.23 bits per heavy atom. The molecule has 0 saturated heterocycles. The van der Waals surface area contributed by atoms with Gasteiger partial charge in [-0.05, 0) is 46.6 Å². The molecular weight excluding hydrogens is 367 g/mol. The number of carbonyl (C=O) groups excluding carboxylic acids is 1. The molecule has 0 saturated carbocycles. The summed E-state index contributed by atoms with van der Waals surface area (Å²) in [7, 11) is 0. The predicted octanol–water partition coefficient (Wildman–Crippen LogP) is 4.55. The standard InChI is InChI=1S/C16H14BrFN2OS/c1-2-20-13(7-14-15(20)12(17)9-22-14)16(21)19-8-10-4-3-5-11(18)6-10/h3-7,9H,2,8H2,1H3,(H,19,21). The maximum absolute atomic E-state index is 13.2. The third-order valence-corrected chi connectivity index (χ3v) is 5.29. The van der Waals surface area contributed by atoms with Gasteiger partial charge in [-0.25, -0.2) is 4.39 Å². The minimum atomic E-state index is -0.298. The molecule has 0 unspecified atom stereocenters. The summed E-state index contributed by atoms with van der Waals surface area (Å²) in [5.74, 6) is -0.450. The van der Waals surface area contributed by atoms with Gasteiger partial charge in [0.2, 0.25) is 0 Å². The van der Waals surface area contributed by atoms with E-state index in [9.17, 15) is 9.18 Å². The Balaban J connectivity index is 1.83. The molecule has 0 aliphatic heterocycles. The second kappa shape index (κ2) is 6.22. The van der Waals surface area contributed by atoms with Crippen LogP contribution in [-0.4, -0.2) is 10.5 Å². The van der Waals surface area contributed by atoms with E-state index in [4.69, 9.17) is 0 Å². The summed E-state index contributed by atoms with van der Waals surface area (Å²) in [5.41, 5.74) is 2.41. The van der Waals surface area contributed by atoms with Crippen LogP contribution in [0.25, 0.3) is 10.2 Å². The van der Waals surface area contributed by atoms with Gasteiger partial charge in [0.15, 0.2) is 0 Å². The number of benzene rings is 1. The molecule has 0 aliphatic carbocycles. The third-order valence-electron chi connectivity index (χ3n) is 3.47. The molecule has 0 aliphatic rings. The van der Waals surface area contributed by atoms with Gasteiger partial charge < -0.3 is 9.88 Å². The molecule has 0 spiro atoms. The first kappa shape index (κ1) is 15.2.